The van der Waals surface area contributed by atoms with Crippen molar-refractivity contribution in [3.05, 3.63) is 47.5 Å². The zero-order valence-corrected chi connectivity index (χ0v) is 18.5. The Bertz CT molecular complexity index is 1000. The van der Waals surface area contributed by atoms with Crippen LogP contribution in [0.3, 0.4) is 0 Å². The van der Waals surface area contributed by atoms with Crippen LogP contribution in [0.15, 0.2) is 41.4 Å². The van der Waals surface area contributed by atoms with E-state index in [1.807, 2.05) is 19.1 Å². The van der Waals surface area contributed by atoms with Crippen LogP contribution in [0, 0.1) is 5.92 Å². The Morgan fingerprint density at radius 3 is 2.44 bits per heavy atom. The molecule has 0 aromatic heterocycles. The minimum absolute atomic E-state index is 0.147. The van der Waals surface area contributed by atoms with Gasteiger partial charge in [-0.15, -0.1) is 0 Å². The fraction of sp³-hybridized carbons (Fsp3) is 0.375. The molecule has 0 radical (unpaired) electrons. The topological polar surface area (TPSA) is 106 Å². The third-order valence-corrected chi connectivity index (χ3v) is 5.27. The number of carboxylic acids is 1. The van der Waals surface area contributed by atoms with Crippen LogP contribution in [0.1, 0.15) is 30.9 Å². The molecule has 32 heavy (non-hydrogen) atoms. The first kappa shape index (κ1) is 23.1. The van der Waals surface area contributed by atoms with Crippen LogP contribution < -0.4 is 19.5 Å². The van der Waals surface area contributed by atoms with E-state index in [0.717, 1.165) is 17.5 Å². The number of hydrogen-bond donors (Lipinski definition) is 2. The second kappa shape index (κ2) is 10.7. The number of carbonyl (C=O) groups excluding carboxylic acids is 1. The number of benzene rings is 2. The molecule has 1 aliphatic rings. The van der Waals surface area contributed by atoms with Crippen LogP contribution in [-0.2, 0) is 16.0 Å². The Kier molecular flexibility index (Phi) is 7.70. The molecule has 1 amide bonds. The molecule has 1 heterocycles. The zero-order valence-electron chi connectivity index (χ0n) is 18.5. The normalized spacial score (nSPS) is 13.4. The highest BCUT2D eigenvalue weighted by Crippen LogP contribution is 2.33. The number of fused-ring (bicyclic) bond motifs is 1. The number of nitrogens with one attached hydrogen (secondary N) is 1. The van der Waals surface area contributed by atoms with E-state index in [9.17, 15) is 14.7 Å². The lowest BCUT2D eigenvalue weighted by Gasteiger charge is -2.21. The molecule has 2 aromatic carbocycles. The van der Waals surface area contributed by atoms with E-state index in [1.54, 1.807) is 38.5 Å². The highest BCUT2D eigenvalue weighted by molar-refractivity contribution is 6.05. The second-order valence-electron chi connectivity index (χ2n) is 7.39. The molecular formula is C24H28N2O6. The molecule has 2 aromatic rings. The standard InChI is InChI=1S/C24H28N2O6/c1-4-32-18-7-5-17(6-8-18)26-23(27)13-16(24(28)29)11-20-19-14-22(31-3)21(30-2)12-15(19)9-10-25-20/h5-8,12,14,16H,4,9-11,13H2,1-3H3,(H,26,27)(H,28,29)/t16-/m1/s1. The monoisotopic (exact) mass is 440 g/mol. The average Bonchev–Trinajstić information content (AvgIpc) is 2.79. The number of hydrogen-bond acceptors (Lipinski definition) is 6. The van der Waals surface area contributed by atoms with Gasteiger partial charge < -0.3 is 24.6 Å². The summed E-state index contributed by atoms with van der Waals surface area (Å²) < 4.78 is 16.1. The van der Waals surface area contributed by atoms with E-state index in [0.29, 0.717) is 41.8 Å². The third kappa shape index (κ3) is 5.57. The molecule has 170 valence electrons. The Morgan fingerprint density at radius 1 is 1.12 bits per heavy atom. The number of ether oxygens (including phenoxy) is 3. The van der Waals surface area contributed by atoms with Gasteiger partial charge in [0.25, 0.3) is 0 Å². The van der Waals surface area contributed by atoms with Crippen LogP contribution in [0.4, 0.5) is 5.69 Å². The van der Waals surface area contributed by atoms with Gasteiger partial charge in [0.05, 0.1) is 26.7 Å². The fourth-order valence-electron chi connectivity index (χ4n) is 3.68. The van der Waals surface area contributed by atoms with Crippen molar-refractivity contribution in [2.24, 2.45) is 10.9 Å². The number of aliphatic imine (C=N–C) groups is 1. The number of anilines is 1. The number of amides is 1. The summed E-state index contributed by atoms with van der Waals surface area (Å²) in [6.07, 6.45) is 0.716. The zero-order chi connectivity index (χ0) is 23.1. The third-order valence-electron chi connectivity index (χ3n) is 5.27. The molecular weight excluding hydrogens is 412 g/mol. The molecule has 0 fully saturated rings. The predicted molar refractivity (Wildman–Crippen MR) is 121 cm³/mol. The molecule has 0 spiro atoms. The van der Waals surface area contributed by atoms with Crippen molar-refractivity contribution in [1.29, 1.82) is 0 Å². The van der Waals surface area contributed by atoms with Crippen LogP contribution in [0.2, 0.25) is 0 Å². The van der Waals surface area contributed by atoms with Crippen molar-refractivity contribution < 1.29 is 28.9 Å². The SMILES string of the molecule is CCOc1ccc(NC(=O)C[C@@H](CC2=NCCc3cc(OC)c(OC)cc32)C(=O)O)cc1. The molecule has 0 aliphatic carbocycles. The van der Waals surface area contributed by atoms with Crippen molar-refractivity contribution >= 4 is 23.3 Å². The maximum atomic E-state index is 12.5. The van der Waals surface area contributed by atoms with Gasteiger partial charge in [-0.3, -0.25) is 14.6 Å². The van der Waals surface area contributed by atoms with Gasteiger partial charge in [-0.05, 0) is 55.3 Å². The summed E-state index contributed by atoms with van der Waals surface area (Å²) in [6, 6.07) is 10.7. The molecule has 3 rings (SSSR count). The Morgan fingerprint density at radius 2 is 1.81 bits per heavy atom. The number of rotatable bonds is 10. The Hall–Kier alpha value is -3.55. The van der Waals surface area contributed by atoms with Gasteiger partial charge in [-0.2, -0.15) is 0 Å². The van der Waals surface area contributed by atoms with Gasteiger partial charge in [0.1, 0.15) is 5.75 Å². The molecule has 0 saturated carbocycles. The summed E-state index contributed by atoms with van der Waals surface area (Å²) in [5.74, 6) is -0.434. The van der Waals surface area contributed by atoms with E-state index >= 15 is 0 Å². The summed E-state index contributed by atoms with van der Waals surface area (Å²) in [7, 11) is 3.13. The first-order valence-corrected chi connectivity index (χ1v) is 10.5. The van der Waals surface area contributed by atoms with Gasteiger partial charge in [0.2, 0.25) is 5.91 Å². The largest absolute Gasteiger partial charge is 0.494 e. The van der Waals surface area contributed by atoms with Gasteiger partial charge in [-0.25, -0.2) is 0 Å². The summed E-state index contributed by atoms with van der Waals surface area (Å²) in [4.78, 5) is 29.0. The number of nitrogens with zero attached hydrogens (tertiary/aromatic N) is 1. The van der Waals surface area contributed by atoms with Gasteiger partial charge in [0, 0.05) is 36.3 Å². The van der Waals surface area contributed by atoms with Crippen LogP contribution in [-0.4, -0.2) is 50.1 Å². The Labute approximate surface area is 187 Å². The molecule has 0 bridgehead atoms. The van der Waals surface area contributed by atoms with E-state index in [1.165, 1.54) is 0 Å². The van der Waals surface area contributed by atoms with E-state index in [4.69, 9.17) is 14.2 Å². The molecule has 2 N–H and O–H groups in total. The minimum atomic E-state index is -1.04. The molecule has 1 atom stereocenters. The number of aliphatic carboxylic acids is 1. The summed E-state index contributed by atoms with van der Waals surface area (Å²) >= 11 is 0. The first-order valence-electron chi connectivity index (χ1n) is 10.5. The molecule has 8 nitrogen and oxygen atoms in total. The lowest BCUT2D eigenvalue weighted by atomic mass is 9.89. The summed E-state index contributed by atoms with van der Waals surface area (Å²) in [6.45, 7) is 3.00. The second-order valence-corrected chi connectivity index (χ2v) is 7.39. The van der Waals surface area contributed by atoms with Crippen LogP contribution in [0.25, 0.3) is 0 Å². The average molecular weight is 440 g/mol. The number of carbonyl (C=O) groups is 2. The maximum absolute atomic E-state index is 12.5. The number of carboxylic acid groups (broad SMARTS) is 1. The van der Waals surface area contributed by atoms with Gasteiger partial charge >= 0.3 is 5.97 Å². The highest BCUT2D eigenvalue weighted by atomic mass is 16.5. The molecule has 0 saturated heterocycles. The lowest BCUT2D eigenvalue weighted by molar-refractivity contribution is -0.143. The van der Waals surface area contributed by atoms with Crippen LogP contribution >= 0.6 is 0 Å². The first-order chi connectivity index (χ1) is 15.4. The smallest absolute Gasteiger partial charge is 0.307 e. The van der Waals surface area contributed by atoms with Crippen molar-refractivity contribution in [3.63, 3.8) is 0 Å². The quantitative estimate of drug-likeness (QED) is 0.585. The maximum Gasteiger partial charge on any atom is 0.307 e. The predicted octanol–water partition coefficient (Wildman–Crippen LogP) is 3.57. The van der Waals surface area contributed by atoms with Crippen molar-refractivity contribution in [3.8, 4) is 17.2 Å². The van der Waals surface area contributed by atoms with E-state index in [2.05, 4.69) is 10.3 Å². The summed E-state index contributed by atoms with van der Waals surface area (Å²) in [5.41, 5.74) is 3.11. The molecule has 8 heteroatoms. The van der Waals surface area contributed by atoms with Gasteiger partial charge in [-0.1, -0.05) is 0 Å². The van der Waals surface area contributed by atoms with Gasteiger partial charge in [0.15, 0.2) is 11.5 Å². The van der Waals surface area contributed by atoms with Crippen molar-refractivity contribution in [1.82, 2.24) is 0 Å². The Balaban J connectivity index is 1.71. The lowest BCUT2D eigenvalue weighted by Crippen LogP contribution is -2.26. The highest BCUT2D eigenvalue weighted by Gasteiger charge is 2.27. The molecule has 0 unspecified atom stereocenters. The van der Waals surface area contributed by atoms with E-state index in [-0.39, 0.29) is 18.7 Å². The minimum Gasteiger partial charge on any atom is -0.494 e. The van der Waals surface area contributed by atoms with Crippen LogP contribution in [0.5, 0.6) is 17.2 Å². The number of methoxy groups -OCH3 is 2. The fourth-order valence-corrected chi connectivity index (χ4v) is 3.68. The van der Waals surface area contributed by atoms with E-state index < -0.39 is 11.9 Å². The molecule has 1 aliphatic heterocycles. The summed E-state index contributed by atoms with van der Waals surface area (Å²) in [5, 5.41) is 12.5. The van der Waals surface area contributed by atoms with Crippen molar-refractivity contribution in [2.75, 3.05) is 32.7 Å². The van der Waals surface area contributed by atoms with Crippen molar-refractivity contribution in [2.45, 2.75) is 26.2 Å².